The molecule has 7 heteroatoms. The van der Waals surface area contributed by atoms with E-state index < -0.39 is 0 Å². The summed E-state index contributed by atoms with van der Waals surface area (Å²) < 4.78 is 1.61. The highest BCUT2D eigenvalue weighted by Gasteiger charge is 2.15. The van der Waals surface area contributed by atoms with Crippen molar-refractivity contribution in [1.29, 1.82) is 0 Å². The summed E-state index contributed by atoms with van der Waals surface area (Å²) in [5.74, 6) is 0.350. The number of aromatic hydroxyl groups is 2. The molecule has 2 N–H and O–H groups in total. The predicted octanol–water partition coefficient (Wildman–Crippen LogP) is 7.86. The molecule has 6 nitrogen and oxygen atoms in total. The number of hydrogen-bond acceptors (Lipinski definition) is 6. The number of benzene rings is 2. The number of rotatable bonds is 17. The maximum absolute atomic E-state index is 10.6. The van der Waals surface area contributed by atoms with Crippen LogP contribution in [-0.2, 0) is 6.42 Å². The van der Waals surface area contributed by atoms with Gasteiger partial charge >= 0.3 is 0 Å². The van der Waals surface area contributed by atoms with E-state index in [1.807, 2.05) is 30.3 Å². The van der Waals surface area contributed by atoms with Gasteiger partial charge < -0.3 is 10.2 Å². The summed E-state index contributed by atoms with van der Waals surface area (Å²) in [5, 5.41) is 33.5. The summed E-state index contributed by atoms with van der Waals surface area (Å²) in [4.78, 5) is 0.531. The van der Waals surface area contributed by atoms with Crippen LogP contribution in [0.2, 0.25) is 0 Å². The topological polar surface area (TPSA) is 84.1 Å². The van der Waals surface area contributed by atoms with E-state index in [1.165, 1.54) is 82.4 Å². The van der Waals surface area contributed by atoms with Gasteiger partial charge in [-0.25, -0.2) is 0 Å². The second-order valence-corrected chi connectivity index (χ2v) is 10.3. The number of unbranched alkanes of at least 4 members (excludes halogenated alkanes) is 12. The van der Waals surface area contributed by atoms with Crippen molar-refractivity contribution in [3.63, 3.8) is 0 Å². The Morgan fingerprint density at radius 3 is 1.97 bits per heavy atom. The average molecular weight is 497 g/mol. The Morgan fingerprint density at radius 1 is 0.743 bits per heavy atom. The van der Waals surface area contributed by atoms with E-state index in [9.17, 15) is 10.2 Å². The first-order chi connectivity index (χ1) is 17.2. The maximum atomic E-state index is 10.6. The number of tetrazole rings is 1. The van der Waals surface area contributed by atoms with Crippen LogP contribution in [-0.4, -0.2) is 30.4 Å². The lowest BCUT2D eigenvalue weighted by molar-refractivity contribution is 0.442. The highest BCUT2D eigenvalue weighted by atomic mass is 32.2. The third-order valence-electron chi connectivity index (χ3n) is 6.35. The molecule has 2 aromatic carbocycles. The first kappa shape index (κ1) is 27.1. The van der Waals surface area contributed by atoms with Crippen molar-refractivity contribution in [2.45, 2.75) is 107 Å². The van der Waals surface area contributed by atoms with Gasteiger partial charge in [-0.2, -0.15) is 4.68 Å². The van der Waals surface area contributed by atoms with Crippen LogP contribution in [0.1, 0.15) is 96.0 Å². The predicted molar refractivity (Wildman–Crippen MR) is 142 cm³/mol. The van der Waals surface area contributed by atoms with Crippen LogP contribution in [0.15, 0.2) is 52.5 Å². The molecule has 3 aromatic rings. The van der Waals surface area contributed by atoms with Crippen LogP contribution in [0, 0.1) is 0 Å². The SMILES string of the molecule is CCCCCCCCCCCCCCCc1cc(O)c(Sc2nnnn2-c2ccccc2)cc1O. The third kappa shape index (κ3) is 9.21. The zero-order valence-electron chi connectivity index (χ0n) is 21.0. The van der Waals surface area contributed by atoms with Crippen LogP contribution in [0.3, 0.4) is 0 Å². The fourth-order valence-electron chi connectivity index (χ4n) is 4.29. The highest BCUT2D eigenvalue weighted by Crippen LogP contribution is 2.38. The number of nitrogens with zero attached hydrogens (tertiary/aromatic N) is 4. The first-order valence-electron chi connectivity index (χ1n) is 13.3. The Labute approximate surface area is 214 Å². The molecule has 0 aliphatic carbocycles. The fourth-order valence-corrected chi connectivity index (χ4v) is 5.12. The maximum Gasteiger partial charge on any atom is 0.219 e. The molecule has 1 aromatic heterocycles. The Balaban J connectivity index is 1.36. The van der Waals surface area contributed by atoms with Crippen LogP contribution in [0.5, 0.6) is 11.5 Å². The van der Waals surface area contributed by atoms with Gasteiger partial charge in [-0.1, -0.05) is 102 Å². The van der Waals surface area contributed by atoms with Gasteiger partial charge in [0.2, 0.25) is 5.16 Å². The lowest BCUT2D eigenvalue weighted by atomic mass is 10.0. The minimum Gasteiger partial charge on any atom is -0.508 e. The molecule has 190 valence electrons. The number of para-hydroxylation sites is 1. The Kier molecular flexibility index (Phi) is 11.9. The summed E-state index contributed by atoms with van der Waals surface area (Å²) in [7, 11) is 0. The molecule has 0 atom stereocenters. The number of phenols is 2. The van der Waals surface area contributed by atoms with Gasteiger partial charge in [-0.05, 0) is 64.9 Å². The number of hydrogen-bond donors (Lipinski definition) is 2. The Hall–Kier alpha value is -2.54. The van der Waals surface area contributed by atoms with E-state index >= 15 is 0 Å². The third-order valence-corrected chi connectivity index (χ3v) is 7.34. The molecule has 0 radical (unpaired) electrons. The normalized spacial score (nSPS) is 11.2. The molecule has 0 aliphatic rings. The summed E-state index contributed by atoms with van der Waals surface area (Å²) in [6.07, 6.45) is 17.8. The van der Waals surface area contributed by atoms with Crippen molar-refractivity contribution in [2.24, 2.45) is 0 Å². The molecule has 0 saturated heterocycles. The van der Waals surface area contributed by atoms with Crippen LogP contribution >= 0.6 is 11.8 Å². The second-order valence-electron chi connectivity index (χ2n) is 9.25. The van der Waals surface area contributed by atoms with E-state index in [4.69, 9.17) is 0 Å². The van der Waals surface area contributed by atoms with E-state index in [0.29, 0.717) is 10.1 Å². The molecule has 3 rings (SSSR count). The van der Waals surface area contributed by atoms with Crippen LogP contribution in [0.4, 0.5) is 0 Å². The molecular formula is C28H40N4O2S. The van der Waals surface area contributed by atoms with Crippen LogP contribution < -0.4 is 0 Å². The molecule has 1 heterocycles. The summed E-state index contributed by atoms with van der Waals surface area (Å²) >= 11 is 1.23. The molecule has 0 fully saturated rings. The quantitative estimate of drug-likeness (QED) is 0.146. The van der Waals surface area contributed by atoms with Crippen LogP contribution in [0.25, 0.3) is 5.69 Å². The van der Waals surface area contributed by atoms with E-state index in [2.05, 4.69) is 22.4 Å². The van der Waals surface area contributed by atoms with Gasteiger partial charge in [0, 0.05) is 0 Å². The fraction of sp³-hybridized carbons (Fsp3) is 0.536. The van der Waals surface area contributed by atoms with Crippen molar-refractivity contribution in [3.8, 4) is 17.2 Å². The molecule has 0 saturated carbocycles. The van der Waals surface area contributed by atoms with Crippen molar-refractivity contribution in [1.82, 2.24) is 20.2 Å². The largest absolute Gasteiger partial charge is 0.508 e. The highest BCUT2D eigenvalue weighted by molar-refractivity contribution is 7.99. The number of phenolic OH excluding ortho intramolecular Hbond substituents is 2. The number of aromatic nitrogens is 4. The standard InChI is InChI=1S/C28H40N4O2S/c1-2-3-4-5-6-7-8-9-10-11-12-13-15-18-23-21-26(34)27(22-25(23)33)35-28-29-30-31-32(28)24-19-16-14-17-20-24/h14,16-17,19-22,33-34H,2-13,15,18H2,1H3. The van der Waals surface area contributed by atoms with Crippen molar-refractivity contribution in [2.75, 3.05) is 0 Å². The lowest BCUT2D eigenvalue weighted by Crippen LogP contribution is -1.98. The summed E-state index contributed by atoms with van der Waals surface area (Å²) in [6.45, 7) is 2.27. The molecule has 35 heavy (non-hydrogen) atoms. The Bertz CT molecular complexity index is 994. The van der Waals surface area contributed by atoms with Gasteiger partial charge in [-0.15, -0.1) is 5.10 Å². The van der Waals surface area contributed by atoms with Gasteiger partial charge in [0.1, 0.15) is 11.5 Å². The minimum atomic E-state index is 0.139. The summed E-state index contributed by atoms with van der Waals surface area (Å²) in [5.41, 5.74) is 1.63. The second kappa shape index (κ2) is 15.5. The zero-order valence-corrected chi connectivity index (χ0v) is 21.8. The summed E-state index contributed by atoms with van der Waals surface area (Å²) in [6, 6.07) is 12.9. The first-order valence-corrected chi connectivity index (χ1v) is 14.1. The van der Waals surface area contributed by atoms with Crippen molar-refractivity contribution in [3.05, 3.63) is 48.0 Å². The minimum absolute atomic E-state index is 0.139. The molecule has 0 bridgehead atoms. The van der Waals surface area contributed by atoms with Gasteiger partial charge in [-0.3, -0.25) is 0 Å². The molecule has 0 aliphatic heterocycles. The van der Waals surface area contributed by atoms with Gasteiger partial charge in [0.15, 0.2) is 0 Å². The molecule has 0 unspecified atom stereocenters. The van der Waals surface area contributed by atoms with Gasteiger partial charge in [0.05, 0.1) is 10.6 Å². The van der Waals surface area contributed by atoms with Gasteiger partial charge in [0.25, 0.3) is 0 Å². The van der Waals surface area contributed by atoms with Crippen molar-refractivity contribution < 1.29 is 10.2 Å². The lowest BCUT2D eigenvalue weighted by Gasteiger charge is -2.10. The van der Waals surface area contributed by atoms with E-state index in [-0.39, 0.29) is 11.5 Å². The van der Waals surface area contributed by atoms with Crippen molar-refractivity contribution >= 4 is 11.8 Å². The van der Waals surface area contributed by atoms with E-state index in [1.54, 1.807) is 16.8 Å². The number of aryl methyl sites for hydroxylation is 1. The molecule has 0 amide bonds. The monoisotopic (exact) mass is 496 g/mol. The average Bonchev–Trinajstić information content (AvgIpc) is 3.33. The molecular weight excluding hydrogens is 456 g/mol. The van der Waals surface area contributed by atoms with E-state index in [0.717, 1.165) is 30.5 Å². The smallest absolute Gasteiger partial charge is 0.219 e. The molecule has 0 spiro atoms. The zero-order chi connectivity index (χ0) is 24.7. The Morgan fingerprint density at radius 2 is 1.34 bits per heavy atom.